The molecule has 0 aliphatic carbocycles. The van der Waals surface area contributed by atoms with Gasteiger partial charge in [0.2, 0.25) is 0 Å². The number of carbonyl (C=O) groups excluding carboxylic acids is 1. The van der Waals surface area contributed by atoms with Gasteiger partial charge in [-0.05, 0) is 50.1 Å². The molecule has 1 heterocycles. The van der Waals surface area contributed by atoms with Gasteiger partial charge in [0.1, 0.15) is 0 Å². The summed E-state index contributed by atoms with van der Waals surface area (Å²) >= 11 is 0. The van der Waals surface area contributed by atoms with Crippen LogP contribution in [0.2, 0.25) is 0 Å². The quantitative estimate of drug-likeness (QED) is 0.860. The first-order valence-electron chi connectivity index (χ1n) is 6.67. The van der Waals surface area contributed by atoms with Crippen LogP contribution in [0, 0.1) is 0 Å². The average Bonchev–Trinajstić information content (AvgIpc) is 2.35. The molecule has 0 unspecified atom stereocenters. The Hall–Kier alpha value is -1.39. The van der Waals surface area contributed by atoms with E-state index in [4.69, 9.17) is 0 Å². The Labute approximate surface area is 114 Å². The Balaban J connectivity index is 2.15. The molecule has 0 saturated heterocycles. The lowest BCUT2D eigenvalue weighted by Crippen LogP contribution is -2.39. The molecule has 0 saturated carbocycles. The number of nitrogens with one attached hydrogen (secondary N) is 1. The molecule has 1 aromatic rings. The largest absolute Gasteiger partial charge is 0.389 e. The van der Waals surface area contributed by atoms with Crippen LogP contribution in [0.3, 0.4) is 0 Å². The van der Waals surface area contributed by atoms with Crippen LogP contribution in [-0.2, 0) is 13.0 Å². The van der Waals surface area contributed by atoms with E-state index in [9.17, 15) is 9.90 Å². The molecule has 2 rings (SSSR count). The molecule has 104 valence electrons. The number of nitrogens with zero attached hydrogens (tertiary/aromatic N) is 1. The molecule has 19 heavy (non-hydrogen) atoms. The molecule has 0 atom stereocenters. The summed E-state index contributed by atoms with van der Waals surface area (Å²) in [5.41, 5.74) is 2.34. The van der Waals surface area contributed by atoms with E-state index >= 15 is 0 Å². The van der Waals surface area contributed by atoms with E-state index in [2.05, 4.69) is 5.32 Å². The maximum Gasteiger partial charge on any atom is 0.253 e. The number of likely N-dealkylation sites (N-methyl/N-ethyl adjacent to an activating group) is 1. The fourth-order valence-corrected chi connectivity index (χ4v) is 2.49. The maximum absolute atomic E-state index is 12.3. The molecule has 0 fully saturated rings. The number of fused-ring (bicyclic) bond motifs is 1. The van der Waals surface area contributed by atoms with Crippen LogP contribution in [0.1, 0.15) is 35.3 Å². The van der Waals surface area contributed by atoms with Crippen LogP contribution in [-0.4, -0.2) is 41.7 Å². The zero-order chi connectivity index (χ0) is 14.0. The van der Waals surface area contributed by atoms with Gasteiger partial charge in [0.05, 0.1) is 5.60 Å². The number of aliphatic hydroxyl groups is 1. The van der Waals surface area contributed by atoms with Gasteiger partial charge < -0.3 is 15.3 Å². The lowest BCUT2D eigenvalue weighted by Gasteiger charge is -2.26. The number of carbonyl (C=O) groups is 1. The van der Waals surface area contributed by atoms with E-state index in [1.165, 1.54) is 11.1 Å². The second-order valence-corrected chi connectivity index (χ2v) is 5.88. The van der Waals surface area contributed by atoms with Crippen molar-refractivity contribution < 1.29 is 9.90 Å². The van der Waals surface area contributed by atoms with Crippen LogP contribution < -0.4 is 5.32 Å². The third-order valence-electron chi connectivity index (χ3n) is 3.31. The van der Waals surface area contributed by atoms with Crippen LogP contribution >= 0.6 is 0 Å². The lowest BCUT2D eigenvalue weighted by molar-refractivity contribution is 0.0368. The molecular weight excluding hydrogens is 240 g/mol. The summed E-state index contributed by atoms with van der Waals surface area (Å²) in [5.74, 6) is -0.0458. The van der Waals surface area contributed by atoms with E-state index in [0.717, 1.165) is 19.5 Å². The van der Waals surface area contributed by atoms with Crippen molar-refractivity contribution in [2.24, 2.45) is 0 Å². The van der Waals surface area contributed by atoms with Gasteiger partial charge in [0.15, 0.2) is 0 Å². The molecule has 4 nitrogen and oxygen atoms in total. The van der Waals surface area contributed by atoms with Gasteiger partial charge in [0, 0.05) is 25.7 Å². The first kappa shape index (κ1) is 14.0. The second-order valence-electron chi connectivity index (χ2n) is 5.88. The molecule has 1 aromatic carbocycles. The van der Waals surface area contributed by atoms with Gasteiger partial charge >= 0.3 is 0 Å². The van der Waals surface area contributed by atoms with Crippen LogP contribution in [0.15, 0.2) is 18.2 Å². The predicted molar refractivity (Wildman–Crippen MR) is 75.1 cm³/mol. The molecule has 0 aromatic heterocycles. The highest BCUT2D eigenvalue weighted by atomic mass is 16.3. The fraction of sp³-hybridized carbons (Fsp3) is 0.533. The Morgan fingerprint density at radius 3 is 2.84 bits per heavy atom. The summed E-state index contributed by atoms with van der Waals surface area (Å²) < 4.78 is 0. The number of hydrogen-bond donors (Lipinski definition) is 2. The summed E-state index contributed by atoms with van der Waals surface area (Å²) in [6.45, 7) is 5.55. The molecule has 1 aliphatic heterocycles. The minimum Gasteiger partial charge on any atom is -0.389 e. The van der Waals surface area contributed by atoms with Crippen LogP contribution in [0.25, 0.3) is 0 Å². The Morgan fingerprint density at radius 1 is 1.42 bits per heavy atom. The van der Waals surface area contributed by atoms with Crippen LogP contribution in [0.5, 0.6) is 0 Å². The van der Waals surface area contributed by atoms with Crippen molar-refractivity contribution in [3.8, 4) is 0 Å². The highest BCUT2D eigenvalue weighted by molar-refractivity contribution is 5.94. The third-order valence-corrected chi connectivity index (χ3v) is 3.31. The minimum absolute atomic E-state index is 0.0458. The van der Waals surface area contributed by atoms with Gasteiger partial charge in [-0.1, -0.05) is 6.07 Å². The molecule has 2 N–H and O–H groups in total. The smallest absolute Gasteiger partial charge is 0.253 e. The Morgan fingerprint density at radius 2 is 2.16 bits per heavy atom. The Kier molecular flexibility index (Phi) is 3.92. The van der Waals surface area contributed by atoms with Gasteiger partial charge in [-0.2, -0.15) is 0 Å². The normalized spacial score (nSPS) is 14.9. The average molecular weight is 262 g/mol. The highest BCUT2D eigenvalue weighted by Crippen LogP contribution is 2.17. The van der Waals surface area contributed by atoms with Crippen molar-refractivity contribution in [2.45, 2.75) is 32.4 Å². The molecule has 0 spiro atoms. The van der Waals surface area contributed by atoms with E-state index < -0.39 is 5.60 Å². The van der Waals surface area contributed by atoms with Gasteiger partial charge in [-0.3, -0.25) is 4.79 Å². The monoisotopic (exact) mass is 262 g/mol. The summed E-state index contributed by atoms with van der Waals surface area (Å²) in [6, 6.07) is 5.89. The summed E-state index contributed by atoms with van der Waals surface area (Å²) in [7, 11) is 1.72. The zero-order valence-electron chi connectivity index (χ0n) is 11.9. The van der Waals surface area contributed by atoms with Crippen molar-refractivity contribution in [2.75, 3.05) is 20.1 Å². The van der Waals surface area contributed by atoms with Crippen molar-refractivity contribution in [1.82, 2.24) is 10.2 Å². The first-order chi connectivity index (χ1) is 8.87. The standard InChI is InChI=1S/C15H22N2O2/c1-15(2,19)10-17(3)14(18)12-5-4-11-6-7-16-9-13(11)8-12/h4-5,8,16,19H,6-7,9-10H2,1-3H3. The molecule has 1 amide bonds. The predicted octanol–water partition coefficient (Wildman–Crippen LogP) is 1.18. The maximum atomic E-state index is 12.3. The van der Waals surface area contributed by atoms with Crippen LogP contribution in [0.4, 0.5) is 0 Å². The van der Waals surface area contributed by atoms with Gasteiger partial charge in [-0.25, -0.2) is 0 Å². The molecule has 4 heteroatoms. The first-order valence-corrected chi connectivity index (χ1v) is 6.67. The van der Waals surface area contributed by atoms with E-state index in [-0.39, 0.29) is 5.91 Å². The summed E-state index contributed by atoms with van der Waals surface area (Å²) in [5, 5.41) is 13.1. The zero-order valence-corrected chi connectivity index (χ0v) is 11.9. The lowest BCUT2D eigenvalue weighted by atomic mass is 9.98. The topological polar surface area (TPSA) is 52.6 Å². The minimum atomic E-state index is -0.875. The van der Waals surface area contributed by atoms with Gasteiger partial charge in [-0.15, -0.1) is 0 Å². The number of benzene rings is 1. The highest BCUT2D eigenvalue weighted by Gasteiger charge is 2.21. The molecule has 0 radical (unpaired) electrons. The molecule has 1 aliphatic rings. The van der Waals surface area contributed by atoms with Gasteiger partial charge in [0.25, 0.3) is 5.91 Å². The number of hydrogen-bond acceptors (Lipinski definition) is 3. The third kappa shape index (κ3) is 3.55. The van der Waals surface area contributed by atoms with Crippen molar-refractivity contribution in [1.29, 1.82) is 0 Å². The summed E-state index contributed by atoms with van der Waals surface area (Å²) in [6.07, 6.45) is 1.02. The van der Waals surface area contributed by atoms with E-state index in [1.807, 2.05) is 18.2 Å². The van der Waals surface area contributed by atoms with Crippen molar-refractivity contribution >= 4 is 5.91 Å². The fourth-order valence-electron chi connectivity index (χ4n) is 2.49. The number of rotatable bonds is 3. The summed E-state index contributed by atoms with van der Waals surface area (Å²) in [4.78, 5) is 13.9. The van der Waals surface area contributed by atoms with Crippen molar-refractivity contribution in [3.63, 3.8) is 0 Å². The molecular formula is C15H22N2O2. The second kappa shape index (κ2) is 5.31. The molecule has 0 bridgehead atoms. The SMILES string of the molecule is CN(CC(C)(C)O)C(=O)c1ccc2c(c1)CNCC2. The van der Waals surface area contributed by atoms with E-state index in [0.29, 0.717) is 12.1 Å². The van der Waals surface area contributed by atoms with Crippen molar-refractivity contribution in [3.05, 3.63) is 34.9 Å². The number of amides is 1. The Bertz CT molecular complexity index is 478. The van der Waals surface area contributed by atoms with E-state index in [1.54, 1.807) is 25.8 Å².